The van der Waals surface area contributed by atoms with Crippen molar-refractivity contribution in [3.63, 3.8) is 0 Å². The van der Waals surface area contributed by atoms with Crippen molar-refractivity contribution >= 4 is 31.6 Å². The van der Waals surface area contributed by atoms with Crippen LogP contribution in [0.3, 0.4) is 0 Å². The smallest absolute Gasteiger partial charge is 0.235 e. The van der Waals surface area contributed by atoms with E-state index >= 15 is 0 Å². The average Bonchev–Trinajstić information content (AvgIpc) is 3.00. The molecule has 1 aromatic rings. The highest BCUT2D eigenvalue weighted by Gasteiger charge is 2.36. The van der Waals surface area contributed by atoms with Gasteiger partial charge in [0.05, 0.1) is 10.9 Å². The number of halogens is 1. The number of para-hydroxylation sites is 1. The highest BCUT2D eigenvalue weighted by molar-refractivity contribution is 9.09. The van der Waals surface area contributed by atoms with Gasteiger partial charge in [-0.2, -0.15) is 0 Å². The van der Waals surface area contributed by atoms with E-state index in [0.717, 1.165) is 18.4 Å². The number of alkyl halides is 1. The summed E-state index contributed by atoms with van der Waals surface area (Å²) >= 11 is 3.46. The molecule has 1 unspecified atom stereocenters. The zero-order valence-electron chi connectivity index (χ0n) is 8.98. The van der Waals surface area contributed by atoms with E-state index in [4.69, 9.17) is 0 Å². The van der Waals surface area contributed by atoms with Crippen LogP contribution in [0.4, 0.5) is 5.69 Å². The van der Waals surface area contributed by atoms with Gasteiger partial charge in [-0.15, -0.1) is 0 Å². The molecule has 5 heteroatoms. The normalized spacial score (nSPS) is 18.1. The van der Waals surface area contributed by atoms with E-state index in [0.29, 0.717) is 5.69 Å². The van der Waals surface area contributed by atoms with Gasteiger partial charge in [-0.1, -0.05) is 34.1 Å². The average molecular weight is 304 g/mol. The van der Waals surface area contributed by atoms with E-state index < -0.39 is 10.0 Å². The van der Waals surface area contributed by atoms with Gasteiger partial charge in [0.1, 0.15) is 0 Å². The SMILES string of the molecule is CC(Br)c1ccccc1NS(=O)(=O)C1CC1. The minimum absolute atomic E-state index is 0.130. The monoisotopic (exact) mass is 303 g/mol. The van der Waals surface area contributed by atoms with Crippen LogP contribution in [0.15, 0.2) is 24.3 Å². The summed E-state index contributed by atoms with van der Waals surface area (Å²) in [5.74, 6) is 0. The minimum atomic E-state index is -3.17. The highest BCUT2D eigenvalue weighted by atomic mass is 79.9. The predicted molar refractivity (Wildman–Crippen MR) is 69.3 cm³/mol. The zero-order valence-corrected chi connectivity index (χ0v) is 11.4. The molecule has 2 rings (SSSR count). The van der Waals surface area contributed by atoms with Crippen molar-refractivity contribution in [3.05, 3.63) is 29.8 Å². The molecule has 1 aliphatic carbocycles. The van der Waals surface area contributed by atoms with Crippen LogP contribution in [-0.4, -0.2) is 13.7 Å². The molecular weight excluding hydrogens is 290 g/mol. The summed E-state index contributed by atoms with van der Waals surface area (Å²) in [6, 6.07) is 7.46. The van der Waals surface area contributed by atoms with E-state index in [2.05, 4.69) is 20.7 Å². The summed E-state index contributed by atoms with van der Waals surface area (Å²) < 4.78 is 26.3. The third-order valence-corrected chi connectivity index (χ3v) is 4.95. The Morgan fingerprint density at radius 3 is 2.56 bits per heavy atom. The lowest BCUT2D eigenvalue weighted by Crippen LogP contribution is -2.18. The fourth-order valence-corrected chi connectivity index (χ4v) is 3.37. The molecule has 1 aromatic carbocycles. The highest BCUT2D eigenvalue weighted by Crippen LogP contribution is 2.33. The van der Waals surface area contributed by atoms with Crippen LogP contribution in [-0.2, 0) is 10.0 Å². The molecular formula is C11H14BrNO2S. The van der Waals surface area contributed by atoms with Crippen molar-refractivity contribution < 1.29 is 8.42 Å². The van der Waals surface area contributed by atoms with Crippen LogP contribution in [0.2, 0.25) is 0 Å². The Labute approximate surface area is 104 Å². The van der Waals surface area contributed by atoms with Crippen molar-refractivity contribution in [2.75, 3.05) is 4.72 Å². The van der Waals surface area contributed by atoms with Crippen molar-refractivity contribution in [1.29, 1.82) is 0 Å². The number of rotatable bonds is 4. The number of sulfonamides is 1. The fraction of sp³-hybridized carbons (Fsp3) is 0.455. The second-order valence-corrected chi connectivity index (χ2v) is 7.38. The summed E-state index contributed by atoms with van der Waals surface area (Å²) in [6.07, 6.45) is 1.56. The molecule has 1 aliphatic rings. The fourth-order valence-electron chi connectivity index (χ4n) is 1.55. The third kappa shape index (κ3) is 2.58. The Morgan fingerprint density at radius 1 is 1.38 bits per heavy atom. The molecule has 0 heterocycles. The Balaban J connectivity index is 2.27. The third-order valence-electron chi connectivity index (χ3n) is 2.60. The first-order chi connectivity index (χ1) is 7.50. The number of hydrogen-bond acceptors (Lipinski definition) is 2. The maximum absolute atomic E-state index is 11.8. The Bertz CT molecular complexity index is 481. The largest absolute Gasteiger partial charge is 0.283 e. The Morgan fingerprint density at radius 2 is 2.00 bits per heavy atom. The van der Waals surface area contributed by atoms with Crippen LogP contribution < -0.4 is 4.72 Å². The molecule has 0 amide bonds. The second-order valence-electron chi connectivity index (χ2n) is 4.05. The van der Waals surface area contributed by atoms with Crippen LogP contribution in [0.1, 0.15) is 30.2 Å². The van der Waals surface area contributed by atoms with Gasteiger partial charge in [-0.05, 0) is 31.4 Å². The summed E-state index contributed by atoms with van der Waals surface area (Å²) in [4.78, 5) is 0.130. The van der Waals surface area contributed by atoms with E-state index in [9.17, 15) is 8.42 Å². The zero-order chi connectivity index (χ0) is 11.8. The van der Waals surface area contributed by atoms with Gasteiger partial charge in [0, 0.05) is 4.83 Å². The van der Waals surface area contributed by atoms with E-state index in [-0.39, 0.29) is 10.1 Å². The van der Waals surface area contributed by atoms with Gasteiger partial charge >= 0.3 is 0 Å². The maximum Gasteiger partial charge on any atom is 0.235 e. The van der Waals surface area contributed by atoms with Gasteiger partial charge in [-0.3, -0.25) is 4.72 Å². The van der Waals surface area contributed by atoms with Gasteiger partial charge in [0.2, 0.25) is 10.0 Å². The summed E-state index contributed by atoms with van der Waals surface area (Å²) in [6.45, 7) is 1.98. The number of benzene rings is 1. The topological polar surface area (TPSA) is 46.2 Å². The number of anilines is 1. The summed E-state index contributed by atoms with van der Waals surface area (Å²) in [5, 5.41) is -0.189. The van der Waals surface area contributed by atoms with Gasteiger partial charge in [-0.25, -0.2) is 8.42 Å². The first kappa shape index (κ1) is 11.9. The maximum atomic E-state index is 11.8. The van der Waals surface area contributed by atoms with Crippen molar-refractivity contribution in [2.24, 2.45) is 0 Å². The lowest BCUT2D eigenvalue weighted by Gasteiger charge is -2.13. The molecule has 16 heavy (non-hydrogen) atoms. The Hall–Kier alpha value is -0.550. The number of hydrogen-bond donors (Lipinski definition) is 1. The standard InChI is InChI=1S/C11H14BrNO2S/c1-8(12)10-4-2-3-5-11(10)13-16(14,15)9-6-7-9/h2-5,8-9,13H,6-7H2,1H3. The quantitative estimate of drug-likeness (QED) is 0.869. The molecule has 0 aliphatic heterocycles. The first-order valence-corrected chi connectivity index (χ1v) is 7.71. The molecule has 1 fully saturated rings. The molecule has 3 nitrogen and oxygen atoms in total. The molecule has 88 valence electrons. The van der Waals surface area contributed by atoms with Crippen LogP contribution >= 0.6 is 15.9 Å². The molecule has 0 aromatic heterocycles. The molecule has 0 saturated heterocycles. The number of nitrogens with one attached hydrogen (secondary N) is 1. The Kier molecular flexibility index (Phi) is 3.26. The lowest BCUT2D eigenvalue weighted by atomic mass is 10.1. The molecule has 0 radical (unpaired) electrons. The van der Waals surface area contributed by atoms with Crippen LogP contribution in [0.5, 0.6) is 0 Å². The van der Waals surface area contributed by atoms with Gasteiger partial charge in [0.25, 0.3) is 0 Å². The van der Waals surface area contributed by atoms with Crippen molar-refractivity contribution in [3.8, 4) is 0 Å². The lowest BCUT2D eigenvalue weighted by molar-refractivity contribution is 0.600. The molecule has 1 N–H and O–H groups in total. The molecule has 0 spiro atoms. The molecule has 1 atom stereocenters. The van der Waals surface area contributed by atoms with E-state index in [1.54, 1.807) is 6.07 Å². The van der Waals surface area contributed by atoms with Gasteiger partial charge in [0.15, 0.2) is 0 Å². The second kappa shape index (κ2) is 4.37. The first-order valence-electron chi connectivity index (χ1n) is 5.25. The molecule has 0 bridgehead atoms. The minimum Gasteiger partial charge on any atom is -0.283 e. The summed E-state index contributed by atoms with van der Waals surface area (Å²) in [7, 11) is -3.17. The van der Waals surface area contributed by atoms with Crippen molar-refractivity contribution in [1.82, 2.24) is 0 Å². The van der Waals surface area contributed by atoms with Crippen LogP contribution in [0.25, 0.3) is 0 Å². The molecule has 1 saturated carbocycles. The van der Waals surface area contributed by atoms with Crippen LogP contribution in [0, 0.1) is 0 Å². The van der Waals surface area contributed by atoms with E-state index in [1.807, 2.05) is 25.1 Å². The van der Waals surface area contributed by atoms with Gasteiger partial charge < -0.3 is 0 Å². The summed E-state index contributed by atoms with van der Waals surface area (Å²) in [5.41, 5.74) is 1.64. The predicted octanol–water partition coefficient (Wildman–Crippen LogP) is 3.05. The van der Waals surface area contributed by atoms with Crippen molar-refractivity contribution in [2.45, 2.75) is 29.8 Å². The van der Waals surface area contributed by atoms with E-state index in [1.165, 1.54) is 0 Å².